The van der Waals surface area contributed by atoms with Crippen molar-refractivity contribution >= 4 is 0 Å². The summed E-state index contributed by atoms with van der Waals surface area (Å²) in [6.07, 6.45) is 5.18. The number of rotatable bonds is 4. The van der Waals surface area contributed by atoms with Gasteiger partial charge in [0, 0.05) is 25.8 Å². The van der Waals surface area contributed by atoms with Crippen LogP contribution >= 0.6 is 0 Å². The zero-order valence-corrected chi connectivity index (χ0v) is 12.2. The van der Waals surface area contributed by atoms with Gasteiger partial charge in [0.2, 0.25) is 0 Å². The Morgan fingerprint density at radius 3 is 2.94 bits per heavy atom. The number of hydrogen-bond donors (Lipinski definition) is 1. The second kappa shape index (κ2) is 7.46. The van der Waals surface area contributed by atoms with Crippen molar-refractivity contribution in [2.45, 2.75) is 45.6 Å². The standard InChI is InChI=1S/C15H30N2O/c1-3-15-5-8-17(11-13(2)10-16-15)7-4-14-6-9-18-12-14/h13-16H,3-12H2,1-2H3. The van der Waals surface area contributed by atoms with Crippen LogP contribution in [0.1, 0.15) is 39.5 Å². The zero-order chi connectivity index (χ0) is 12.8. The highest BCUT2D eigenvalue weighted by atomic mass is 16.5. The molecule has 0 aliphatic carbocycles. The van der Waals surface area contributed by atoms with Crippen LogP contribution in [0.5, 0.6) is 0 Å². The Balaban J connectivity index is 1.74. The Labute approximate surface area is 112 Å². The van der Waals surface area contributed by atoms with Crippen molar-refractivity contribution in [3.05, 3.63) is 0 Å². The lowest BCUT2D eigenvalue weighted by Gasteiger charge is -2.32. The van der Waals surface area contributed by atoms with Gasteiger partial charge in [0.1, 0.15) is 0 Å². The smallest absolute Gasteiger partial charge is 0.0495 e. The summed E-state index contributed by atoms with van der Waals surface area (Å²) in [7, 11) is 0. The largest absolute Gasteiger partial charge is 0.381 e. The summed E-state index contributed by atoms with van der Waals surface area (Å²) in [6, 6.07) is 0.727. The molecule has 2 aliphatic rings. The number of nitrogens with one attached hydrogen (secondary N) is 1. The molecule has 2 saturated heterocycles. The Morgan fingerprint density at radius 1 is 1.33 bits per heavy atom. The van der Waals surface area contributed by atoms with Gasteiger partial charge in [-0.1, -0.05) is 13.8 Å². The maximum Gasteiger partial charge on any atom is 0.0495 e. The van der Waals surface area contributed by atoms with Crippen molar-refractivity contribution in [1.29, 1.82) is 0 Å². The minimum atomic E-state index is 0.727. The van der Waals surface area contributed by atoms with E-state index in [4.69, 9.17) is 4.74 Å². The van der Waals surface area contributed by atoms with Crippen molar-refractivity contribution < 1.29 is 4.74 Å². The first kappa shape index (κ1) is 14.3. The van der Waals surface area contributed by atoms with Crippen molar-refractivity contribution in [3.63, 3.8) is 0 Å². The maximum atomic E-state index is 5.47. The molecule has 0 radical (unpaired) electrons. The average Bonchev–Trinajstić information content (AvgIpc) is 2.86. The fourth-order valence-corrected chi connectivity index (χ4v) is 3.13. The van der Waals surface area contributed by atoms with Crippen LogP contribution in [-0.2, 0) is 4.74 Å². The molecule has 1 N–H and O–H groups in total. The third-order valence-corrected chi connectivity index (χ3v) is 4.49. The van der Waals surface area contributed by atoms with Crippen LogP contribution in [0.3, 0.4) is 0 Å². The molecule has 2 aliphatic heterocycles. The van der Waals surface area contributed by atoms with E-state index in [-0.39, 0.29) is 0 Å². The van der Waals surface area contributed by atoms with E-state index in [0.717, 1.165) is 31.1 Å². The zero-order valence-electron chi connectivity index (χ0n) is 12.2. The van der Waals surface area contributed by atoms with E-state index in [0.29, 0.717) is 0 Å². The Morgan fingerprint density at radius 2 is 2.22 bits per heavy atom. The van der Waals surface area contributed by atoms with E-state index >= 15 is 0 Å². The normalized spacial score (nSPS) is 35.3. The van der Waals surface area contributed by atoms with Crippen LogP contribution in [0.2, 0.25) is 0 Å². The number of nitrogens with zero attached hydrogens (tertiary/aromatic N) is 1. The molecule has 3 atom stereocenters. The SMILES string of the molecule is CCC1CCN(CCC2CCOC2)CC(C)CN1. The summed E-state index contributed by atoms with van der Waals surface area (Å²) in [6.45, 7) is 11.6. The van der Waals surface area contributed by atoms with E-state index < -0.39 is 0 Å². The third kappa shape index (κ3) is 4.52. The molecule has 0 aromatic heterocycles. The Hall–Kier alpha value is -0.120. The molecule has 2 heterocycles. The quantitative estimate of drug-likeness (QED) is 0.832. The Kier molecular flexibility index (Phi) is 5.93. The van der Waals surface area contributed by atoms with Crippen LogP contribution in [0.25, 0.3) is 0 Å². The highest BCUT2D eigenvalue weighted by Gasteiger charge is 2.20. The molecule has 3 unspecified atom stereocenters. The summed E-state index contributed by atoms with van der Waals surface area (Å²) in [5.41, 5.74) is 0. The Bertz CT molecular complexity index is 229. The van der Waals surface area contributed by atoms with Crippen molar-refractivity contribution in [2.24, 2.45) is 11.8 Å². The minimum absolute atomic E-state index is 0.727. The molecule has 3 nitrogen and oxygen atoms in total. The first-order chi connectivity index (χ1) is 8.78. The molecular formula is C15H30N2O. The van der Waals surface area contributed by atoms with Crippen LogP contribution in [0, 0.1) is 11.8 Å². The highest BCUT2D eigenvalue weighted by Crippen LogP contribution is 2.18. The molecule has 0 spiro atoms. The van der Waals surface area contributed by atoms with Gasteiger partial charge >= 0.3 is 0 Å². The molecule has 0 bridgehead atoms. The fraction of sp³-hybridized carbons (Fsp3) is 1.00. The van der Waals surface area contributed by atoms with Gasteiger partial charge in [0.15, 0.2) is 0 Å². The van der Waals surface area contributed by atoms with Crippen LogP contribution in [0.4, 0.5) is 0 Å². The summed E-state index contributed by atoms with van der Waals surface area (Å²) in [4.78, 5) is 2.69. The highest BCUT2D eigenvalue weighted by molar-refractivity contribution is 4.76. The van der Waals surface area contributed by atoms with Gasteiger partial charge in [-0.2, -0.15) is 0 Å². The van der Waals surface area contributed by atoms with Gasteiger partial charge in [-0.3, -0.25) is 0 Å². The lowest BCUT2D eigenvalue weighted by atomic mass is 10.0. The van der Waals surface area contributed by atoms with Gasteiger partial charge in [-0.25, -0.2) is 0 Å². The van der Waals surface area contributed by atoms with Crippen molar-refractivity contribution in [3.8, 4) is 0 Å². The molecule has 2 rings (SSSR count). The van der Waals surface area contributed by atoms with Crippen molar-refractivity contribution in [1.82, 2.24) is 10.2 Å². The molecule has 0 aromatic carbocycles. The van der Waals surface area contributed by atoms with E-state index in [1.54, 1.807) is 0 Å². The van der Waals surface area contributed by atoms with Gasteiger partial charge in [-0.05, 0) is 57.2 Å². The molecule has 2 fully saturated rings. The predicted octanol–water partition coefficient (Wildman–Crippen LogP) is 2.12. The second-order valence-electron chi connectivity index (χ2n) is 6.23. The topological polar surface area (TPSA) is 24.5 Å². The third-order valence-electron chi connectivity index (χ3n) is 4.49. The summed E-state index contributed by atoms with van der Waals surface area (Å²) in [5, 5.41) is 3.69. The van der Waals surface area contributed by atoms with E-state index in [1.807, 2.05) is 0 Å². The predicted molar refractivity (Wildman–Crippen MR) is 75.8 cm³/mol. The first-order valence-electron chi connectivity index (χ1n) is 7.81. The van der Waals surface area contributed by atoms with E-state index in [2.05, 4.69) is 24.1 Å². The van der Waals surface area contributed by atoms with Crippen LogP contribution in [-0.4, -0.2) is 50.3 Å². The van der Waals surface area contributed by atoms with E-state index in [9.17, 15) is 0 Å². The minimum Gasteiger partial charge on any atom is -0.381 e. The van der Waals surface area contributed by atoms with E-state index in [1.165, 1.54) is 51.9 Å². The van der Waals surface area contributed by atoms with Crippen LogP contribution in [0.15, 0.2) is 0 Å². The molecule has 106 valence electrons. The molecule has 0 amide bonds. The average molecular weight is 254 g/mol. The van der Waals surface area contributed by atoms with Gasteiger partial charge in [0.25, 0.3) is 0 Å². The number of hydrogen-bond acceptors (Lipinski definition) is 3. The molecule has 0 aromatic rings. The molecule has 0 saturated carbocycles. The molecule has 18 heavy (non-hydrogen) atoms. The summed E-state index contributed by atoms with van der Waals surface area (Å²) in [5.74, 6) is 1.60. The molecular weight excluding hydrogens is 224 g/mol. The second-order valence-corrected chi connectivity index (χ2v) is 6.23. The fourth-order valence-electron chi connectivity index (χ4n) is 3.13. The lowest BCUT2D eigenvalue weighted by molar-refractivity contribution is 0.166. The molecule has 3 heteroatoms. The number of ether oxygens (including phenoxy) is 1. The lowest BCUT2D eigenvalue weighted by Crippen LogP contribution is -2.43. The van der Waals surface area contributed by atoms with Gasteiger partial charge in [0.05, 0.1) is 0 Å². The van der Waals surface area contributed by atoms with Crippen LogP contribution < -0.4 is 5.32 Å². The summed E-state index contributed by atoms with van der Waals surface area (Å²) >= 11 is 0. The van der Waals surface area contributed by atoms with Crippen molar-refractivity contribution in [2.75, 3.05) is 39.4 Å². The summed E-state index contributed by atoms with van der Waals surface area (Å²) < 4.78 is 5.47. The monoisotopic (exact) mass is 254 g/mol. The first-order valence-corrected chi connectivity index (χ1v) is 7.81. The maximum absolute atomic E-state index is 5.47. The van der Waals surface area contributed by atoms with Gasteiger partial charge in [-0.15, -0.1) is 0 Å². The van der Waals surface area contributed by atoms with Gasteiger partial charge < -0.3 is 15.0 Å².